The molecule has 1 saturated heterocycles. The number of nitrogens with two attached hydrogens (primary N) is 1. The highest BCUT2D eigenvalue weighted by Gasteiger charge is 2.31. The summed E-state index contributed by atoms with van der Waals surface area (Å²) in [6.07, 6.45) is 1.93. The van der Waals surface area contributed by atoms with Gasteiger partial charge < -0.3 is 15.4 Å². The molecule has 2 N–H and O–H groups in total. The molecule has 1 aliphatic rings. The Hall–Kier alpha value is -1.88. The van der Waals surface area contributed by atoms with Gasteiger partial charge in [0.1, 0.15) is 0 Å². The molecule has 1 aromatic rings. The molecule has 5 heteroatoms. The zero-order valence-electron chi connectivity index (χ0n) is 13.0. The van der Waals surface area contributed by atoms with Gasteiger partial charge in [-0.1, -0.05) is 30.3 Å². The van der Waals surface area contributed by atoms with Crippen LogP contribution in [0.1, 0.15) is 31.7 Å². The Labute approximate surface area is 131 Å². The summed E-state index contributed by atoms with van der Waals surface area (Å²) in [6, 6.07) is 10.0. The fourth-order valence-electron chi connectivity index (χ4n) is 2.75. The normalized spacial score (nSPS) is 21.6. The molecular weight excluding hydrogens is 280 g/mol. The number of hydrogen-bond acceptors (Lipinski definition) is 3. The van der Waals surface area contributed by atoms with Crippen molar-refractivity contribution in [3.63, 3.8) is 0 Å². The van der Waals surface area contributed by atoms with E-state index in [1.54, 1.807) is 4.90 Å². The summed E-state index contributed by atoms with van der Waals surface area (Å²) in [5, 5.41) is 0. The maximum atomic E-state index is 12.3. The third-order valence-electron chi connectivity index (χ3n) is 4.18. The van der Waals surface area contributed by atoms with Crippen molar-refractivity contribution in [1.29, 1.82) is 0 Å². The fraction of sp³-hybridized carbons (Fsp3) is 0.529. The second-order valence-corrected chi connectivity index (χ2v) is 5.86. The summed E-state index contributed by atoms with van der Waals surface area (Å²) >= 11 is 0. The average Bonchev–Trinajstić information content (AvgIpc) is 2.52. The number of piperidine rings is 1. The summed E-state index contributed by atoms with van der Waals surface area (Å²) < 4.78 is 5.55. The minimum Gasteiger partial charge on any atom is -0.376 e. The SMILES string of the molecule is C[C@@H]1CC[C@H](C(N)=O)CN1C(=O)CCOCc1ccccc1. The molecule has 2 atom stereocenters. The van der Waals surface area contributed by atoms with E-state index in [-0.39, 0.29) is 23.8 Å². The number of likely N-dealkylation sites (tertiary alicyclic amines) is 1. The maximum Gasteiger partial charge on any atom is 0.225 e. The van der Waals surface area contributed by atoms with Gasteiger partial charge in [-0.25, -0.2) is 0 Å². The number of carbonyl (C=O) groups is 2. The molecule has 0 aromatic heterocycles. The van der Waals surface area contributed by atoms with Gasteiger partial charge in [-0.2, -0.15) is 0 Å². The number of primary amides is 1. The molecule has 22 heavy (non-hydrogen) atoms. The van der Waals surface area contributed by atoms with E-state index in [1.165, 1.54) is 0 Å². The van der Waals surface area contributed by atoms with Crippen LogP contribution in [-0.2, 0) is 20.9 Å². The topological polar surface area (TPSA) is 72.6 Å². The van der Waals surface area contributed by atoms with Gasteiger partial charge in [0.25, 0.3) is 0 Å². The lowest BCUT2D eigenvalue weighted by atomic mass is 9.92. The van der Waals surface area contributed by atoms with Crippen molar-refractivity contribution in [3.8, 4) is 0 Å². The first kappa shape index (κ1) is 16.5. The highest BCUT2D eigenvalue weighted by Crippen LogP contribution is 2.22. The van der Waals surface area contributed by atoms with Gasteiger partial charge >= 0.3 is 0 Å². The van der Waals surface area contributed by atoms with Crippen LogP contribution in [0.15, 0.2) is 30.3 Å². The number of benzene rings is 1. The Bertz CT molecular complexity index is 504. The number of nitrogens with zero attached hydrogens (tertiary/aromatic N) is 1. The highest BCUT2D eigenvalue weighted by molar-refractivity contribution is 5.80. The van der Waals surface area contributed by atoms with Crippen molar-refractivity contribution in [3.05, 3.63) is 35.9 Å². The third-order valence-corrected chi connectivity index (χ3v) is 4.18. The van der Waals surface area contributed by atoms with Crippen LogP contribution in [0, 0.1) is 5.92 Å². The molecule has 0 spiro atoms. The molecule has 0 aliphatic carbocycles. The standard InChI is InChI=1S/C17H24N2O3/c1-13-7-8-15(17(18)21)11-19(13)16(20)9-10-22-12-14-5-3-2-4-6-14/h2-6,13,15H,7-12H2,1H3,(H2,18,21)/t13-,15+/m1/s1. The van der Waals surface area contributed by atoms with Gasteiger partial charge in [0.05, 0.1) is 25.6 Å². The summed E-state index contributed by atoms with van der Waals surface area (Å²) in [7, 11) is 0. The van der Waals surface area contributed by atoms with Crippen LogP contribution in [0.2, 0.25) is 0 Å². The van der Waals surface area contributed by atoms with Crippen LogP contribution in [0.3, 0.4) is 0 Å². The minimum atomic E-state index is -0.315. The Balaban J connectivity index is 1.75. The van der Waals surface area contributed by atoms with Crippen LogP contribution >= 0.6 is 0 Å². The fourth-order valence-corrected chi connectivity index (χ4v) is 2.75. The summed E-state index contributed by atoms with van der Waals surface area (Å²) in [6.45, 7) is 3.35. The van der Waals surface area contributed by atoms with Gasteiger partial charge in [-0.15, -0.1) is 0 Å². The predicted molar refractivity (Wildman–Crippen MR) is 83.8 cm³/mol. The number of ether oxygens (including phenoxy) is 1. The van der Waals surface area contributed by atoms with E-state index in [2.05, 4.69) is 0 Å². The van der Waals surface area contributed by atoms with Crippen molar-refractivity contribution >= 4 is 11.8 Å². The molecular formula is C17H24N2O3. The lowest BCUT2D eigenvalue weighted by Gasteiger charge is -2.37. The van der Waals surface area contributed by atoms with E-state index < -0.39 is 0 Å². The van der Waals surface area contributed by atoms with E-state index in [1.807, 2.05) is 37.3 Å². The van der Waals surface area contributed by atoms with Crippen molar-refractivity contribution in [2.45, 2.75) is 38.8 Å². The van der Waals surface area contributed by atoms with Gasteiger partial charge in [0.15, 0.2) is 0 Å². The molecule has 2 amide bonds. The molecule has 0 bridgehead atoms. The molecule has 1 aromatic carbocycles. The Morgan fingerprint density at radius 3 is 2.68 bits per heavy atom. The van der Waals surface area contributed by atoms with E-state index >= 15 is 0 Å². The Kier molecular flexibility index (Phi) is 5.95. The molecule has 0 unspecified atom stereocenters. The minimum absolute atomic E-state index is 0.0338. The molecule has 5 nitrogen and oxygen atoms in total. The van der Waals surface area contributed by atoms with E-state index in [4.69, 9.17) is 10.5 Å². The molecule has 2 rings (SSSR count). The largest absolute Gasteiger partial charge is 0.376 e. The van der Waals surface area contributed by atoms with Crippen molar-refractivity contribution in [2.24, 2.45) is 11.7 Å². The molecule has 120 valence electrons. The summed E-state index contributed by atoms with van der Waals surface area (Å²) in [5.41, 5.74) is 6.45. The lowest BCUT2D eigenvalue weighted by Crippen LogP contribution is -2.48. The van der Waals surface area contributed by atoms with Crippen LogP contribution in [0.25, 0.3) is 0 Å². The monoisotopic (exact) mass is 304 g/mol. The Morgan fingerprint density at radius 1 is 1.27 bits per heavy atom. The molecule has 0 radical (unpaired) electrons. The third kappa shape index (κ3) is 4.56. The summed E-state index contributed by atoms with van der Waals surface area (Å²) in [5.74, 6) is -0.498. The molecule has 1 heterocycles. The molecule has 1 fully saturated rings. The van der Waals surface area contributed by atoms with Crippen LogP contribution in [0.4, 0.5) is 0 Å². The van der Waals surface area contributed by atoms with Crippen LogP contribution in [-0.4, -0.2) is 35.9 Å². The summed E-state index contributed by atoms with van der Waals surface area (Å²) in [4.78, 5) is 25.4. The lowest BCUT2D eigenvalue weighted by molar-refractivity contribution is -0.138. The van der Waals surface area contributed by atoms with E-state index in [0.717, 1.165) is 18.4 Å². The average molecular weight is 304 g/mol. The van der Waals surface area contributed by atoms with Gasteiger partial charge in [-0.05, 0) is 25.3 Å². The quantitative estimate of drug-likeness (QED) is 0.813. The van der Waals surface area contributed by atoms with Crippen molar-refractivity contribution in [1.82, 2.24) is 4.90 Å². The van der Waals surface area contributed by atoms with Crippen LogP contribution in [0.5, 0.6) is 0 Å². The molecule has 0 saturated carbocycles. The second-order valence-electron chi connectivity index (χ2n) is 5.86. The van der Waals surface area contributed by atoms with Gasteiger partial charge in [0.2, 0.25) is 11.8 Å². The van der Waals surface area contributed by atoms with Crippen LogP contribution < -0.4 is 5.73 Å². The Morgan fingerprint density at radius 2 is 2.00 bits per heavy atom. The number of carbonyl (C=O) groups excluding carboxylic acids is 2. The zero-order chi connectivity index (χ0) is 15.9. The van der Waals surface area contributed by atoms with Gasteiger partial charge in [0, 0.05) is 12.6 Å². The molecule has 1 aliphatic heterocycles. The maximum absolute atomic E-state index is 12.3. The number of rotatable bonds is 6. The second kappa shape index (κ2) is 7.94. The van der Waals surface area contributed by atoms with E-state index in [0.29, 0.717) is 26.2 Å². The number of hydrogen-bond donors (Lipinski definition) is 1. The zero-order valence-corrected chi connectivity index (χ0v) is 13.0. The number of amides is 2. The highest BCUT2D eigenvalue weighted by atomic mass is 16.5. The van der Waals surface area contributed by atoms with Gasteiger partial charge in [-0.3, -0.25) is 9.59 Å². The first-order valence-corrected chi connectivity index (χ1v) is 7.78. The smallest absolute Gasteiger partial charge is 0.225 e. The van der Waals surface area contributed by atoms with Crippen molar-refractivity contribution in [2.75, 3.05) is 13.2 Å². The van der Waals surface area contributed by atoms with Crippen molar-refractivity contribution < 1.29 is 14.3 Å². The first-order valence-electron chi connectivity index (χ1n) is 7.78. The predicted octanol–water partition coefficient (Wildman–Crippen LogP) is 1.71. The first-order chi connectivity index (χ1) is 10.6. The van der Waals surface area contributed by atoms with E-state index in [9.17, 15) is 9.59 Å².